The molecule has 9 nitrogen and oxygen atoms in total. The van der Waals surface area contributed by atoms with E-state index in [1.807, 2.05) is 27.6 Å². The van der Waals surface area contributed by atoms with Crippen LogP contribution in [0.25, 0.3) is 11.0 Å². The highest BCUT2D eigenvalue weighted by atomic mass is 127. The summed E-state index contributed by atoms with van der Waals surface area (Å²) in [7, 11) is 2.16. The second-order valence-electron chi connectivity index (χ2n) is 9.41. The Hall–Kier alpha value is -2.47. The molecular weight excluding hydrogens is 531 g/mol. The fraction of sp³-hybridized carbons (Fsp3) is 0.478. The van der Waals surface area contributed by atoms with E-state index in [1.165, 1.54) is 12.8 Å². The van der Waals surface area contributed by atoms with Crippen molar-refractivity contribution in [2.45, 2.75) is 31.2 Å². The normalized spacial score (nSPS) is 20.6. The number of likely N-dealkylation sites (N-methyl/N-ethyl adjacent to an activating group) is 1. The van der Waals surface area contributed by atoms with Gasteiger partial charge in [0.25, 0.3) is 5.91 Å². The van der Waals surface area contributed by atoms with Crippen LogP contribution in [0.3, 0.4) is 0 Å². The molecular formula is C23H27IN8O. The zero-order chi connectivity index (χ0) is 22.6. The maximum atomic E-state index is 12.9. The number of nitrogens with one attached hydrogen (secondary N) is 1. The maximum Gasteiger partial charge on any atom is 0.279 e. The Morgan fingerprint density at radius 3 is 2.58 bits per heavy atom. The molecule has 1 spiro atoms. The second kappa shape index (κ2) is 8.08. The number of anilines is 3. The topological polar surface area (TPSA) is 82.4 Å². The summed E-state index contributed by atoms with van der Waals surface area (Å²) in [5, 5.41) is 4.16. The van der Waals surface area contributed by atoms with Crippen LogP contribution in [0.4, 0.5) is 17.5 Å². The molecule has 33 heavy (non-hydrogen) atoms. The molecule has 172 valence electrons. The summed E-state index contributed by atoms with van der Waals surface area (Å²) in [6.07, 6.45) is 8.21. The number of halogens is 1. The summed E-state index contributed by atoms with van der Waals surface area (Å²) in [5.74, 6) is 1.25. The van der Waals surface area contributed by atoms with Crippen molar-refractivity contribution < 1.29 is 4.79 Å². The first-order valence-corrected chi connectivity index (χ1v) is 12.5. The van der Waals surface area contributed by atoms with Crippen LogP contribution in [0.1, 0.15) is 36.2 Å². The number of hydrogen-bond acceptors (Lipinski definition) is 7. The van der Waals surface area contributed by atoms with E-state index in [1.54, 1.807) is 0 Å². The lowest BCUT2D eigenvalue weighted by Gasteiger charge is -2.40. The van der Waals surface area contributed by atoms with Gasteiger partial charge in [0, 0.05) is 37.8 Å². The van der Waals surface area contributed by atoms with Gasteiger partial charge in [-0.15, -0.1) is 0 Å². The fourth-order valence-electron chi connectivity index (χ4n) is 5.45. The van der Waals surface area contributed by atoms with Gasteiger partial charge in [-0.2, -0.15) is 4.98 Å². The molecule has 5 heterocycles. The number of rotatable bonds is 3. The number of pyridine rings is 1. The van der Waals surface area contributed by atoms with Gasteiger partial charge in [0.15, 0.2) is 0 Å². The number of carbonyl (C=O) groups excluding carboxylic acids is 1. The van der Waals surface area contributed by atoms with Crippen molar-refractivity contribution in [2.75, 3.05) is 50.0 Å². The lowest BCUT2D eigenvalue weighted by atomic mass is 9.94. The molecule has 0 unspecified atom stereocenters. The Bertz CT molecular complexity index is 1200. The minimum atomic E-state index is -0.0692. The number of aromatic nitrogens is 4. The molecule has 1 saturated heterocycles. The van der Waals surface area contributed by atoms with Crippen LogP contribution < -0.4 is 10.2 Å². The molecule has 0 bridgehead atoms. The standard InChI is InChI=1S/C23H27IN8O/c1-29-8-10-30(11-9-29)17-4-5-19(25-14-17)27-22-26-13-16-12-18-21(33)31(24)15-23(6-2-3-7-23)32(18)20(16)28-22/h4-5,12-14H,2-3,6-11,15H2,1H3,(H,25,26,27,28). The third kappa shape index (κ3) is 3.63. The van der Waals surface area contributed by atoms with Gasteiger partial charge < -0.3 is 19.7 Å². The van der Waals surface area contributed by atoms with Gasteiger partial charge in [-0.05, 0) is 38.1 Å². The van der Waals surface area contributed by atoms with Crippen molar-refractivity contribution in [2.24, 2.45) is 0 Å². The minimum absolute atomic E-state index is 0.0433. The Morgan fingerprint density at radius 2 is 1.85 bits per heavy atom. The number of nitrogens with zero attached hydrogens (tertiary/aromatic N) is 7. The van der Waals surface area contributed by atoms with Gasteiger partial charge in [-0.25, -0.2) is 9.97 Å². The summed E-state index contributed by atoms with van der Waals surface area (Å²) in [6, 6.07) is 6.01. The molecule has 1 saturated carbocycles. The number of carbonyl (C=O) groups is 1. The zero-order valence-corrected chi connectivity index (χ0v) is 20.8. The average Bonchev–Trinajstić information content (AvgIpc) is 3.44. The fourth-order valence-corrected chi connectivity index (χ4v) is 6.34. The largest absolute Gasteiger partial charge is 0.368 e. The molecule has 2 aliphatic heterocycles. The summed E-state index contributed by atoms with van der Waals surface area (Å²) in [6.45, 7) is 4.88. The molecule has 10 heteroatoms. The molecule has 1 N–H and O–H groups in total. The molecule has 3 aliphatic rings. The molecule has 1 amide bonds. The van der Waals surface area contributed by atoms with E-state index in [0.717, 1.165) is 62.3 Å². The van der Waals surface area contributed by atoms with Gasteiger partial charge in [-0.1, -0.05) is 12.8 Å². The highest BCUT2D eigenvalue weighted by Crippen LogP contribution is 2.44. The third-order valence-corrected chi connectivity index (χ3v) is 8.06. The van der Waals surface area contributed by atoms with E-state index in [-0.39, 0.29) is 11.4 Å². The van der Waals surface area contributed by atoms with Crippen LogP contribution in [0, 0.1) is 0 Å². The average molecular weight is 558 g/mol. The molecule has 1 aliphatic carbocycles. The van der Waals surface area contributed by atoms with Crippen LogP contribution in [-0.4, -0.2) is 73.2 Å². The predicted molar refractivity (Wildman–Crippen MR) is 136 cm³/mol. The van der Waals surface area contributed by atoms with Crippen molar-refractivity contribution in [1.82, 2.24) is 27.5 Å². The Labute approximate surface area is 206 Å². The monoisotopic (exact) mass is 558 g/mol. The summed E-state index contributed by atoms with van der Waals surface area (Å²) in [4.78, 5) is 31.6. The Morgan fingerprint density at radius 1 is 1.06 bits per heavy atom. The van der Waals surface area contributed by atoms with Crippen LogP contribution in [0.15, 0.2) is 30.6 Å². The van der Waals surface area contributed by atoms with E-state index < -0.39 is 0 Å². The van der Waals surface area contributed by atoms with Crippen molar-refractivity contribution in [3.8, 4) is 0 Å². The number of amides is 1. The molecule has 6 rings (SSSR count). The van der Waals surface area contributed by atoms with Crippen molar-refractivity contribution >= 4 is 57.3 Å². The first-order chi connectivity index (χ1) is 16.0. The van der Waals surface area contributed by atoms with Crippen LogP contribution in [0.2, 0.25) is 0 Å². The Balaban J connectivity index is 1.29. The first kappa shape index (κ1) is 21.1. The number of hydrogen-bond donors (Lipinski definition) is 1. The van der Waals surface area contributed by atoms with E-state index in [0.29, 0.717) is 17.5 Å². The summed E-state index contributed by atoms with van der Waals surface area (Å²) >= 11 is 2.15. The first-order valence-electron chi connectivity index (χ1n) is 11.6. The molecule has 0 radical (unpaired) electrons. The van der Waals surface area contributed by atoms with Gasteiger partial charge in [0.2, 0.25) is 5.95 Å². The quantitative estimate of drug-likeness (QED) is 0.390. The van der Waals surface area contributed by atoms with Gasteiger partial charge in [0.1, 0.15) is 17.2 Å². The molecule has 0 aromatic carbocycles. The zero-order valence-electron chi connectivity index (χ0n) is 18.7. The van der Waals surface area contributed by atoms with Crippen LogP contribution in [0.5, 0.6) is 0 Å². The summed E-state index contributed by atoms with van der Waals surface area (Å²) < 4.78 is 4.03. The number of fused-ring (bicyclic) bond motifs is 4. The molecule has 0 atom stereocenters. The van der Waals surface area contributed by atoms with E-state index in [2.05, 4.69) is 65.6 Å². The van der Waals surface area contributed by atoms with E-state index in [9.17, 15) is 4.79 Å². The predicted octanol–water partition coefficient (Wildman–Crippen LogP) is 3.40. The van der Waals surface area contributed by atoms with E-state index in [4.69, 9.17) is 4.98 Å². The highest BCUT2D eigenvalue weighted by Gasteiger charge is 2.45. The van der Waals surface area contributed by atoms with Gasteiger partial charge in [0.05, 0.1) is 46.8 Å². The van der Waals surface area contributed by atoms with Crippen molar-refractivity contribution in [3.63, 3.8) is 0 Å². The number of piperazine rings is 1. The SMILES string of the molecule is CN1CCN(c2ccc(Nc3ncc4cc5n(c4n3)C3(CCCC3)CN(I)C5=O)nc2)CC1. The van der Waals surface area contributed by atoms with Crippen molar-refractivity contribution in [1.29, 1.82) is 0 Å². The highest BCUT2D eigenvalue weighted by molar-refractivity contribution is 14.1. The molecule has 2 fully saturated rings. The van der Waals surface area contributed by atoms with Gasteiger partial charge in [-0.3, -0.25) is 7.91 Å². The summed E-state index contributed by atoms with van der Waals surface area (Å²) in [5.41, 5.74) is 2.61. The minimum Gasteiger partial charge on any atom is -0.368 e. The third-order valence-electron chi connectivity index (χ3n) is 7.28. The van der Waals surface area contributed by atoms with Gasteiger partial charge >= 0.3 is 0 Å². The Kier molecular flexibility index (Phi) is 5.17. The second-order valence-corrected chi connectivity index (χ2v) is 10.6. The van der Waals surface area contributed by atoms with Crippen molar-refractivity contribution in [3.05, 3.63) is 36.3 Å². The van der Waals surface area contributed by atoms with E-state index >= 15 is 0 Å². The lowest BCUT2D eigenvalue weighted by molar-refractivity contribution is 0.0774. The maximum absolute atomic E-state index is 12.9. The molecule has 3 aromatic rings. The smallest absolute Gasteiger partial charge is 0.279 e. The lowest BCUT2D eigenvalue weighted by Crippen LogP contribution is -2.48. The van der Waals surface area contributed by atoms with Crippen LogP contribution >= 0.6 is 22.9 Å². The molecule has 3 aromatic heterocycles. The van der Waals surface area contributed by atoms with Crippen LogP contribution in [-0.2, 0) is 5.54 Å².